The smallest absolute Gasteiger partial charge is 0.0491 e. The maximum absolute atomic E-state index is 3.52. The molecule has 1 aliphatic heterocycles. The Balaban J connectivity index is 1.83. The molecule has 1 fully saturated rings. The number of rotatable bonds is 4. The van der Waals surface area contributed by atoms with Crippen LogP contribution in [0.25, 0.3) is 0 Å². The zero-order valence-electron chi connectivity index (χ0n) is 8.95. The summed E-state index contributed by atoms with van der Waals surface area (Å²) in [6.45, 7) is 4.54. The summed E-state index contributed by atoms with van der Waals surface area (Å²) >= 11 is 0. The topological polar surface area (TPSA) is 15.3 Å². The second-order valence-electron chi connectivity index (χ2n) is 4.17. The van der Waals surface area contributed by atoms with Gasteiger partial charge in [0.1, 0.15) is 0 Å². The van der Waals surface area contributed by atoms with Gasteiger partial charge in [0, 0.05) is 25.3 Å². The summed E-state index contributed by atoms with van der Waals surface area (Å²) in [5.41, 5.74) is 0. The Morgan fingerprint density at radius 1 is 1.29 bits per heavy atom. The van der Waals surface area contributed by atoms with Gasteiger partial charge in [0.2, 0.25) is 0 Å². The summed E-state index contributed by atoms with van der Waals surface area (Å²) in [7, 11) is 0. The highest BCUT2D eigenvalue weighted by atomic mass is 15.3. The second-order valence-corrected chi connectivity index (χ2v) is 4.17. The van der Waals surface area contributed by atoms with Crippen molar-refractivity contribution in [2.24, 2.45) is 0 Å². The Morgan fingerprint density at radius 3 is 3.00 bits per heavy atom. The molecule has 1 heterocycles. The molecule has 2 unspecified atom stereocenters. The van der Waals surface area contributed by atoms with E-state index < -0.39 is 0 Å². The molecule has 78 valence electrons. The van der Waals surface area contributed by atoms with E-state index in [9.17, 15) is 0 Å². The number of nitrogens with one attached hydrogen (secondary N) is 1. The highest BCUT2D eigenvalue weighted by molar-refractivity contribution is 5.22. The molecule has 0 radical (unpaired) electrons. The van der Waals surface area contributed by atoms with Gasteiger partial charge in [-0.15, -0.1) is 0 Å². The molecule has 2 aliphatic rings. The predicted molar refractivity (Wildman–Crippen MR) is 60.1 cm³/mol. The number of hydrogen-bond acceptors (Lipinski definition) is 2. The lowest BCUT2D eigenvalue weighted by molar-refractivity contribution is 0.278. The maximum atomic E-state index is 3.52. The molecule has 2 nitrogen and oxygen atoms in total. The van der Waals surface area contributed by atoms with E-state index in [4.69, 9.17) is 0 Å². The maximum Gasteiger partial charge on any atom is 0.0491 e. The van der Waals surface area contributed by atoms with E-state index in [1.165, 1.54) is 25.8 Å². The van der Waals surface area contributed by atoms with Crippen molar-refractivity contribution in [3.8, 4) is 0 Å². The monoisotopic (exact) mass is 192 g/mol. The SMILES string of the molecule is CCCCCN1CNC2C=CC=CC21. The summed E-state index contributed by atoms with van der Waals surface area (Å²) in [5.74, 6) is 0. The molecule has 2 rings (SSSR count). The Kier molecular flexibility index (Phi) is 3.38. The minimum Gasteiger partial charge on any atom is -0.296 e. The first kappa shape index (κ1) is 9.94. The third-order valence-corrected chi connectivity index (χ3v) is 3.11. The molecule has 0 aromatic rings. The van der Waals surface area contributed by atoms with E-state index in [0.717, 1.165) is 6.67 Å². The lowest BCUT2D eigenvalue weighted by Gasteiger charge is -2.24. The average Bonchev–Trinajstić information content (AvgIpc) is 2.63. The van der Waals surface area contributed by atoms with Crippen LogP contribution in [0.2, 0.25) is 0 Å². The Bertz CT molecular complexity index is 232. The highest BCUT2D eigenvalue weighted by Crippen LogP contribution is 2.18. The summed E-state index contributed by atoms with van der Waals surface area (Å²) in [6.07, 6.45) is 12.9. The highest BCUT2D eigenvalue weighted by Gasteiger charge is 2.30. The molecular formula is C12H20N2. The zero-order chi connectivity index (χ0) is 9.80. The second kappa shape index (κ2) is 4.76. The van der Waals surface area contributed by atoms with Crippen molar-refractivity contribution in [1.82, 2.24) is 10.2 Å². The van der Waals surface area contributed by atoms with Crippen molar-refractivity contribution in [1.29, 1.82) is 0 Å². The Hall–Kier alpha value is -0.600. The molecule has 0 amide bonds. The van der Waals surface area contributed by atoms with Gasteiger partial charge in [-0.25, -0.2) is 0 Å². The van der Waals surface area contributed by atoms with Crippen LogP contribution in [0, 0.1) is 0 Å². The normalized spacial score (nSPS) is 30.9. The quantitative estimate of drug-likeness (QED) is 0.684. The van der Waals surface area contributed by atoms with E-state index in [0.29, 0.717) is 12.1 Å². The Morgan fingerprint density at radius 2 is 2.14 bits per heavy atom. The van der Waals surface area contributed by atoms with Gasteiger partial charge in [-0.3, -0.25) is 10.2 Å². The Labute approximate surface area is 86.7 Å². The third kappa shape index (κ3) is 2.07. The third-order valence-electron chi connectivity index (χ3n) is 3.11. The van der Waals surface area contributed by atoms with Gasteiger partial charge in [0.25, 0.3) is 0 Å². The minimum absolute atomic E-state index is 0.557. The van der Waals surface area contributed by atoms with Gasteiger partial charge >= 0.3 is 0 Å². The van der Waals surface area contributed by atoms with E-state index in [1.807, 2.05) is 0 Å². The zero-order valence-corrected chi connectivity index (χ0v) is 8.95. The van der Waals surface area contributed by atoms with Crippen molar-refractivity contribution in [3.63, 3.8) is 0 Å². The number of unbranched alkanes of at least 4 members (excludes halogenated alkanes) is 2. The van der Waals surface area contributed by atoms with E-state index in [2.05, 4.69) is 41.4 Å². The van der Waals surface area contributed by atoms with Gasteiger partial charge in [0.15, 0.2) is 0 Å². The van der Waals surface area contributed by atoms with Crippen LogP contribution >= 0.6 is 0 Å². The van der Waals surface area contributed by atoms with Gasteiger partial charge in [-0.1, -0.05) is 44.1 Å². The summed E-state index contributed by atoms with van der Waals surface area (Å²) in [5, 5.41) is 3.52. The average molecular weight is 192 g/mol. The van der Waals surface area contributed by atoms with E-state index in [-0.39, 0.29) is 0 Å². The molecule has 0 saturated carbocycles. The lowest BCUT2D eigenvalue weighted by atomic mass is 10.0. The van der Waals surface area contributed by atoms with Crippen LogP contribution in [0.4, 0.5) is 0 Å². The number of fused-ring (bicyclic) bond motifs is 1. The van der Waals surface area contributed by atoms with E-state index >= 15 is 0 Å². The van der Waals surface area contributed by atoms with Gasteiger partial charge in [-0.2, -0.15) is 0 Å². The molecule has 0 aromatic carbocycles. The number of allylic oxidation sites excluding steroid dienone is 2. The van der Waals surface area contributed by atoms with Crippen molar-refractivity contribution in [2.75, 3.05) is 13.2 Å². The van der Waals surface area contributed by atoms with Crippen molar-refractivity contribution in [2.45, 2.75) is 38.3 Å². The van der Waals surface area contributed by atoms with Crippen LogP contribution in [0.1, 0.15) is 26.2 Å². The summed E-state index contributed by atoms with van der Waals surface area (Å²) in [4.78, 5) is 2.54. The molecule has 0 aromatic heterocycles. The van der Waals surface area contributed by atoms with Crippen molar-refractivity contribution < 1.29 is 0 Å². The lowest BCUT2D eigenvalue weighted by Crippen LogP contribution is -2.34. The minimum atomic E-state index is 0.557. The van der Waals surface area contributed by atoms with Crippen molar-refractivity contribution >= 4 is 0 Å². The molecular weight excluding hydrogens is 172 g/mol. The first-order valence-corrected chi connectivity index (χ1v) is 5.74. The van der Waals surface area contributed by atoms with Gasteiger partial charge in [0.05, 0.1) is 0 Å². The summed E-state index contributed by atoms with van der Waals surface area (Å²) < 4.78 is 0. The van der Waals surface area contributed by atoms with Crippen LogP contribution in [0.5, 0.6) is 0 Å². The van der Waals surface area contributed by atoms with Gasteiger partial charge in [-0.05, 0) is 6.42 Å². The molecule has 2 atom stereocenters. The van der Waals surface area contributed by atoms with Crippen LogP contribution in [-0.4, -0.2) is 30.2 Å². The number of nitrogens with zero attached hydrogens (tertiary/aromatic N) is 1. The van der Waals surface area contributed by atoms with Crippen LogP contribution < -0.4 is 5.32 Å². The standard InChI is InChI=1S/C12H20N2/c1-2-3-6-9-14-10-13-11-7-4-5-8-12(11)14/h4-5,7-8,11-13H,2-3,6,9-10H2,1H3. The predicted octanol–water partition coefficient (Wildman–Crippen LogP) is 1.90. The molecule has 0 spiro atoms. The van der Waals surface area contributed by atoms with E-state index in [1.54, 1.807) is 0 Å². The van der Waals surface area contributed by atoms with Crippen molar-refractivity contribution in [3.05, 3.63) is 24.3 Å². The molecule has 1 N–H and O–H groups in total. The van der Waals surface area contributed by atoms with Crippen LogP contribution in [-0.2, 0) is 0 Å². The fraction of sp³-hybridized carbons (Fsp3) is 0.667. The first-order chi connectivity index (χ1) is 6.92. The fourth-order valence-electron chi connectivity index (χ4n) is 2.25. The summed E-state index contributed by atoms with van der Waals surface area (Å²) in [6, 6.07) is 1.17. The molecule has 1 aliphatic carbocycles. The molecule has 0 bridgehead atoms. The molecule has 2 heteroatoms. The van der Waals surface area contributed by atoms with Crippen LogP contribution in [0.15, 0.2) is 24.3 Å². The van der Waals surface area contributed by atoms with Crippen LogP contribution in [0.3, 0.4) is 0 Å². The first-order valence-electron chi connectivity index (χ1n) is 5.74. The largest absolute Gasteiger partial charge is 0.296 e. The molecule has 1 saturated heterocycles. The fourth-order valence-corrected chi connectivity index (χ4v) is 2.25. The molecule has 14 heavy (non-hydrogen) atoms. The van der Waals surface area contributed by atoms with Gasteiger partial charge < -0.3 is 0 Å². The number of hydrogen-bond donors (Lipinski definition) is 1.